The number of carbonyl (C=O) groups excluding carboxylic acids is 2. The zero-order valence-electron chi connectivity index (χ0n) is 12.7. The molecule has 9 heteroatoms. The summed E-state index contributed by atoms with van der Waals surface area (Å²) in [5.41, 5.74) is 6.02. The highest BCUT2D eigenvalue weighted by atomic mass is 32.1. The van der Waals surface area contributed by atoms with Crippen LogP contribution in [0.4, 0.5) is 10.1 Å². The summed E-state index contributed by atoms with van der Waals surface area (Å²) < 4.78 is 14.8. The second-order valence-corrected chi connectivity index (χ2v) is 6.08. The van der Waals surface area contributed by atoms with E-state index in [0.717, 1.165) is 0 Å². The molecule has 7 nitrogen and oxygen atoms in total. The average molecular weight is 347 g/mol. The first-order valence-electron chi connectivity index (χ1n) is 7.06. The molecule has 0 spiro atoms. The Morgan fingerprint density at radius 2 is 2.08 bits per heavy atom. The number of hydrogen-bond acceptors (Lipinski definition) is 5. The van der Waals surface area contributed by atoms with E-state index >= 15 is 0 Å². The van der Waals surface area contributed by atoms with Crippen molar-refractivity contribution in [2.24, 2.45) is 22.9 Å². The molecule has 2 heterocycles. The van der Waals surface area contributed by atoms with Crippen molar-refractivity contribution >= 4 is 34.6 Å². The highest BCUT2D eigenvalue weighted by Crippen LogP contribution is 2.25. The first-order valence-corrected chi connectivity index (χ1v) is 7.94. The van der Waals surface area contributed by atoms with Crippen molar-refractivity contribution in [3.05, 3.63) is 46.5 Å². The normalized spacial score (nSPS) is 17.9. The summed E-state index contributed by atoms with van der Waals surface area (Å²) in [6, 6.07) is 4.64. The van der Waals surface area contributed by atoms with Crippen molar-refractivity contribution in [1.29, 1.82) is 0 Å². The molecular formula is C15H14FN5O2S. The van der Waals surface area contributed by atoms with E-state index in [9.17, 15) is 14.0 Å². The van der Waals surface area contributed by atoms with Gasteiger partial charge >= 0.3 is 0 Å². The second-order valence-electron chi connectivity index (χ2n) is 5.20. The van der Waals surface area contributed by atoms with Crippen LogP contribution in [0.1, 0.15) is 6.42 Å². The van der Waals surface area contributed by atoms with Crippen LogP contribution in [0.25, 0.3) is 0 Å². The molecule has 1 atom stereocenters. The number of primary amides is 1. The maximum absolute atomic E-state index is 13.1. The molecule has 0 bridgehead atoms. The molecule has 1 aliphatic rings. The van der Waals surface area contributed by atoms with Gasteiger partial charge in [0.05, 0.1) is 5.69 Å². The predicted molar refractivity (Wildman–Crippen MR) is 87.8 cm³/mol. The molecule has 3 rings (SSSR count). The number of halogens is 1. The van der Waals surface area contributed by atoms with E-state index in [4.69, 9.17) is 5.73 Å². The fraction of sp³-hybridized carbons (Fsp3) is 0.200. The van der Waals surface area contributed by atoms with Crippen LogP contribution in [0.15, 0.2) is 45.9 Å². The van der Waals surface area contributed by atoms with Crippen LogP contribution in [0.2, 0.25) is 0 Å². The van der Waals surface area contributed by atoms with Crippen molar-refractivity contribution in [2.45, 2.75) is 12.5 Å². The summed E-state index contributed by atoms with van der Waals surface area (Å²) in [6.45, 7) is 0. The molecule has 1 aromatic heterocycles. The molecule has 24 heavy (non-hydrogen) atoms. The molecule has 0 fully saturated rings. The lowest BCUT2D eigenvalue weighted by atomic mass is 10.1. The van der Waals surface area contributed by atoms with E-state index in [0.29, 0.717) is 10.5 Å². The maximum Gasteiger partial charge on any atom is 0.295 e. The average Bonchev–Trinajstić information content (AvgIpc) is 3.15. The number of benzene rings is 1. The Morgan fingerprint density at radius 3 is 2.67 bits per heavy atom. The molecule has 1 aliphatic heterocycles. The van der Waals surface area contributed by atoms with Gasteiger partial charge in [-0.2, -0.15) is 10.1 Å². The lowest BCUT2D eigenvalue weighted by Crippen LogP contribution is -2.39. The lowest BCUT2D eigenvalue weighted by molar-refractivity contribution is -0.119. The standard InChI is InChI=1S/C15H14FN5O2S/c1-20-6-7-24-15(20)18-14(23)11-8-12(13(17)22)21(19-11)10-4-2-9(16)3-5-10/h2-7,12H,8H2,1H3,(H2,17,22). The van der Waals surface area contributed by atoms with Gasteiger partial charge in [-0.25, -0.2) is 4.39 Å². The molecule has 0 saturated heterocycles. The molecule has 124 valence electrons. The lowest BCUT2D eigenvalue weighted by Gasteiger charge is -2.20. The number of aryl methyl sites for hydroxylation is 1. The number of nitrogens with two attached hydrogens (primary N) is 1. The Balaban J connectivity index is 1.93. The fourth-order valence-electron chi connectivity index (χ4n) is 2.28. The summed E-state index contributed by atoms with van der Waals surface area (Å²) in [7, 11) is 1.77. The Bertz CT molecular complexity index is 884. The minimum absolute atomic E-state index is 0.0597. The first-order chi connectivity index (χ1) is 11.5. The van der Waals surface area contributed by atoms with Gasteiger partial charge < -0.3 is 10.3 Å². The third-order valence-electron chi connectivity index (χ3n) is 3.53. The van der Waals surface area contributed by atoms with Gasteiger partial charge in [0.1, 0.15) is 17.6 Å². The second kappa shape index (κ2) is 6.36. The summed E-state index contributed by atoms with van der Waals surface area (Å²) in [5.74, 6) is -1.55. The number of nitrogens with zero attached hydrogens (tertiary/aromatic N) is 4. The summed E-state index contributed by atoms with van der Waals surface area (Å²) >= 11 is 1.32. The van der Waals surface area contributed by atoms with Gasteiger partial charge in [0.2, 0.25) is 5.91 Å². The topological polar surface area (TPSA) is 93.1 Å². The number of amides is 2. The van der Waals surface area contributed by atoms with Crippen LogP contribution in [0, 0.1) is 5.82 Å². The highest BCUT2D eigenvalue weighted by Gasteiger charge is 2.34. The first kappa shape index (κ1) is 16.1. The van der Waals surface area contributed by atoms with Gasteiger partial charge in [-0.15, -0.1) is 11.3 Å². The minimum atomic E-state index is -0.804. The predicted octanol–water partition coefficient (Wildman–Crippen LogP) is 0.773. The largest absolute Gasteiger partial charge is 0.368 e. The smallest absolute Gasteiger partial charge is 0.295 e. The van der Waals surface area contributed by atoms with E-state index in [1.165, 1.54) is 40.6 Å². The van der Waals surface area contributed by atoms with E-state index in [1.54, 1.807) is 23.2 Å². The van der Waals surface area contributed by atoms with E-state index in [1.807, 2.05) is 0 Å². The molecule has 1 unspecified atom stereocenters. The Kier molecular flexibility index (Phi) is 4.26. The van der Waals surface area contributed by atoms with Crippen LogP contribution in [0.3, 0.4) is 0 Å². The van der Waals surface area contributed by atoms with Crippen molar-refractivity contribution < 1.29 is 14.0 Å². The van der Waals surface area contributed by atoms with Gasteiger partial charge in [0.15, 0.2) is 4.80 Å². The molecule has 2 amide bonds. The summed E-state index contributed by atoms with van der Waals surface area (Å²) in [4.78, 5) is 28.5. The van der Waals surface area contributed by atoms with Crippen LogP contribution in [0.5, 0.6) is 0 Å². The Morgan fingerprint density at radius 1 is 1.38 bits per heavy atom. The van der Waals surface area contributed by atoms with Gasteiger partial charge in [0, 0.05) is 25.0 Å². The minimum Gasteiger partial charge on any atom is -0.368 e. The molecule has 2 aromatic rings. The number of carbonyl (C=O) groups is 2. The van der Waals surface area contributed by atoms with E-state index in [2.05, 4.69) is 10.1 Å². The molecule has 1 aromatic carbocycles. The Hall–Kier alpha value is -2.81. The quantitative estimate of drug-likeness (QED) is 0.889. The van der Waals surface area contributed by atoms with Crippen molar-refractivity contribution in [3.63, 3.8) is 0 Å². The fourth-order valence-corrected chi connectivity index (χ4v) is 3.01. The number of hydrazone groups is 1. The molecule has 0 radical (unpaired) electrons. The molecule has 2 N–H and O–H groups in total. The third-order valence-corrected chi connectivity index (χ3v) is 4.38. The summed E-state index contributed by atoms with van der Waals surface area (Å²) in [5, 5.41) is 7.32. The SMILES string of the molecule is Cn1ccsc1=NC(=O)C1=NN(c2ccc(F)cc2)C(C(N)=O)C1. The van der Waals surface area contributed by atoms with Gasteiger partial charge in [-0.3, -0.25) is 14.6 Å². The van der Waals surface area contributed by atoms with Crippen LogP contribution in [-0.4, -0.2) is 28.1 Å². The number of anilines is 1. The van der Waals surface area contributed by atoms with Crippen molar-refractivity contribution in [2.75, 3.05) is 5.01 Å². The van der Waals surface area contributed by atoms with Gasteiger partial charge in [-0.05, 0) is 24.3 Å². The Labute approximate surface area is 140 Å². The van der Waals surface area contributed by atoms with E-state index < -0.39 is 23.7 Å². The molecule has 0 saturated carbocycles. The number of rotatable bonds is 3. The highest BCUT2D eigenvalue weighted by molar-refractivity contribution is 7.07. The van der Waals surface area contributed by atoms with Gasteiger partial charge in [0.25, 0.3) is 5.91 Å². The van der Waals surface area contributed by atoms with E-state index in [-0.39, 0.29) is 12.1 Å². The van der Waals surface area contributed by atoms with Crippen LogP contribution >= 0.6 is 11.3 Å². The zero-order chi connectivity index (χ0) is 17.3. The number of hydrogen-bond donors (Lipinski definition) is 1. The van der Waals surface area contributed by atoms with Crippen molar-refractivity contribution in [3.8, 4) is 0 Å². The molecular weight excluding hydrogens is 333 g/mol. The zero-order valence-corrected chi connectivity index (χ0v) is 13.5. The molecule has 0 aliphatic carbocycles. The maximum atomic E-state index is 13.1. The van der Waals surface area contributed by atoms with Crippen LogP contribution in [-0.2, 0) is 16.6 Å². The van der Waals surface area contributed by atoms with Crippen molar-refractivity contribution in [1.82, 2.24) is 4.57 Å². The third kappa shape index (κ3) is 3.11. The van der Waals surface area contributed by atoms with Crippen LogP contribution < -0.4 is 15.5 Å². The van der Waals surface area contributed by atoms with Gasteiger partial charge in [-0.1, -0.05) is 0 Å². The summed E-state index contributed by atoms with van der Waals surface area (Å²) in [6.07, 6.45) is 1.84. The number of thiazole rings is 1. The number of aromatic nitrogens is 1. The monoisotopic (exact) mass is 347 g/mol.